The number of carboxylic acid groups (broad SMARTS) is 1. The first kappa shape index (κ1) is 26.8. The predicted molar refractivity (Wildman–Crippen MR) is 159 cm³/mol. The Hall–Kier alpha value is -5.12. The second-order valence-electron chi connectivity index (χ2n) is 11.1. The van der Waals surface area contributed by atoms with Gasteiger partial charge < -0.3 is 14.9 Å². The molecule has 0 bridgehead atoms. The number of carboxylic acids is 1. The van der Waals surface area contributed by atoms with Crippen LogP contribution in [0, 0.1) is 11.7 Å². The van der Waals surface area contributed by atoms with Crippen molar-refractivity contribution in [2.75, 3.05) is 24.5 Å². The summed E-state index contributed by atoms with van der Waals surface area (Å²) in [6.45, 7) is 3.51. The highest BCUT2D eigenvalue weighted by molar-refractivity contribution is 5.94. The van der Waals surface area contributed by atoms with Gasteiger partial charge in [0.15, 0.2) is 5.65 Å². The number of nitrogens with zero attached hydrogens (tertiary/aromatic N) is 6. The zero-order valence-electron chi connectivity index (χ0n) is 23.5. The lowest BCUT2D eigenvalue weighted by Crippen LogP contribution is -2.39. The van der Waals surface area contributed by atoms with Gasteiger partial charge in [-0.1, -0.05) is 30.3 Å². The molecule has 0 unspecified atom stereocenters. The van der Waals surface area contributed by atoms with Crippen molar-refractivity contribution >= 4 is 23.2 Å². The molecule has 5 aromatic rings. The fraction of sp³-hybridized carbons (Fsp3) is 0.242. The molecule has 3 aromatic heterocycles. The smallest absolute Gasteiger partial charge is 0.308 e. The van der Waals surface area contributed by atoms with E-state index >= 15 is 4.39 Å². The number of amides is 1. The maximum atomic E-state index is 15.5. The Bertz CT molecular complexity index is 1870. The standard InChI is InChI=1S/C33H29FN6O3/c1-20-24-7-3-2-6-21(24)12-15-39(20)32(41)29-17-30(27-8-4-5-13-35-27)40-31(36-29)18-28(37-40)25-10-9-23(16-26(25)34)38-14-11-22(19-38)33(42)43/h2-10,13,16-18,20,22H,11-12,14-15,19H2,1H3,(H,42,43)/t20-,22+/m1/s1. The molecule has 1 saturated heterocycles. The lowest BCUT2D eigenvalue weighted by Gasteiger charge is -2.35. The Morgan fingerprint density at radius 3 is 2.58 bits per heavy atom. The molecule has 2 atom stereocenters. The number of hydrogen-bond acceptors (Lipinski definition) is 6. The van der Waals surface area contributed by atoms with Crippen molar-refractivity contribution < 1.29 is 19.1 Å². The van der Waals surface area contributed by atoms with Gasteiger partial charge in [0.1, 0.15) is 11.5 Å². The van der Waals surface area contributed by atoms with Crippen LogP contribution in [0.5, 0.6) is 0 Å². The number of aromatic nitrogens is 4. The fourth-order valence-corrected chi connectivity index (χ4v) is 6.21. The number of rotatable bonds is 5. The molecule has 2 aromatic carbocycles. The second kappa shape index (κ2) is 10.6. The van der Waals surface area contributed by atoms with Crippen molar-refractivity contribution in [2.24, 2.45) is 5.92 Å². The largest absolute Gasteiger partial charge is 0.481 e. The zero-order valence-corrected chi connectivity index (χ0v) is 23.5. The molecule has 216 valence electrons. The molecule has 0 spiro atoms. The van der Waals surface area contributed by atoms with Crippen LogP contribution in [0.3, 0.4) is 0 Å². The maximum Gasteiger partial charge on any atom is 0.308 e. The Balaban J connectivity index is 1.26. The topological polar surface area (TPSA) is 104 Å². The molecule has 2 aliphatic rings. The number of fused-ring (bicyclic) bond motifs is 2. The van der Waals surface area contributed by atoms with Gasteiger partial charge in [-0.2, -0.15) is 5.10 Å². The van der Waals surface area contributed by atoms with E-state index < -0.39 is 17.7 Å². The molecule has 2 aliphatic heterocycles. The summed E-state index contributed by atoms with van der Waals surface area (Å²) in [4.78, 5) is 38.2. The van der Waals surface area contributed by atoms with E-state index in [0.717, 1.165) is 12.0 Å². The van der Waals surface area contributed by atoms with E-state index in [1.54, 1.807) is 35.0 Å². The Morgan fingerprint density at radius 2 is 1.81 bits per heavy atom. The SMILES string of the molecule is C[C@@H]1c2ccccc2CCN1C(=O)c1cc(-c2ccccn2)n2nc(-c3ccc(N4CC[C@H](C(=O)O)C4)cc3F)cc2n1. The lowest BCUT2D eigenvalue weighted by atomic mass is 9.93. The van der Waals surface area contributed by atoms with E-state index in [-0.39, 0.29) is 23.2 Å². The van der Waals surface area contributed by atoms with Gasteiger partial charge in [-0.05, 0) is 67.3 Å². The number of aliphatic carboxylic acids is 1. The van der Waals surface area contributed by atoms with Crippen molar-refractivity contribution in [1.29, 1.82) is 0 Å². The summed E-state index contributed by atoms with van der Waals surface area (Å²) in [7, 11) is 0. The van der Waals surface area contributed by atoms with Gasteiger partial charge in [0, 0.05) is 43.1 Å². The minimum atomic E-state index is -0.835. The van der Waals surface area contributed by atoms with Gasteiger partial charge in [0.05, 0.1) is 29.0 Å². The van der Waals surface area contributed by atoms with Crippen molar-refractivity contribution in [3.8, 4) is 22.6 Å². The molecule has 0 radical (unpaired) electrons. The lowest BCUT2D eigenvalue weighted by molar-refractivity contribution is -0.140. The molecular weight excluding hydrogens is 547 g/mol. The van der Waals surface area contributed by atoms with E-state index in [1.165, 1.54) is 11.6 Å². The van der Waals surface area contributed by atoms with Crippen LogP contribution in [-0.2, 0) is 11.2 Å². The number of anilines is 1. The second-order valence-corrected chi connectivity index (χ2v) is 11.1. The average molecular weight is 577 g/mol. The molecule has 0 saturated carbocycles. The first-order valence-electron chi connectivity index (χ1n) is 14.4. The number of carbonyl (C=O) groups excluding carboxylic acids is 1. The van der Waals surface area contributed by atoms with Crippen molar-refractivity contribution in [3.63, 3.8) is 0 Å². The molecule has 5 heterocycles. The summed E-state index contributed by atoms with van der Waals surface area (Å²) >= 11 is 0. The monoisotopic (exact) mass is 576 g/mol. The molecule has 10 heteroatoms. The average Bonchev–Trinajstić information content (AvgIpc) is 3.69. The minimum absolute atomic E-state index is 0.108. The minimum Gasteiger partial charge on any atom is -0.481 e. The third-order valence-corrected chi connectivity index (χ3v) is 8.56. The number of halogens is 1. The summed E-state index contributed by atoms with van der Waals surface area (Å²) in [6.07, 6.45) is 2.96. The third kappa shape index (κ3) is 4.78. The van der Waals surface area contributed by atoms with Gasteiger partial charge in [0.25, 0.3) is 5.91 Å². The summed E-state index contributed by atoms with van der Waals surface area (Å²) in [6, 6.07) is 21.8. The van der Waals surface area contributed by atoms with Crippen LogP contribution >= 0.6 is 0 Å². The summed E-state index contributed by atoms with van der Waals surface area (Å²) in [5.74, 6) is -1.96. The molecule has 1 N–H and O–H groups in total. The van der Waals surface area contributed by atoms with Gasteiger partial charge in [-0.3, -0.25) is 14.6 Å². The first-order chi connectivity index (χ1) is 20.9. The van der Waals surface area contributed by atoms with E-state index in [1.807, 2.05) is 47.1 Å². The molecular formula is C33H29FN6O3. The highest BCUT2D eigenvalue weighted by atomic mass is 19.1. The third-order valence-electron chi connectivity index (χ3n) is 8.56. The number of hydrogen-bond donors (Lipinski definition) is 1. The Labute approximate surface area is 247 Å². The maximum absolute atomic E-state index is 15.5. The highest BCUT2D eigenvalue weighted by Crippen LogP contribution is 2.33. The summed E-state index contributed by atoms with van der Waals surface area (Å²) in [5, 5.41) is 14.0. The molecule has 1 amide bonds. The van der Waals surface area contributed by atoms with Crippen LogP contribution < -0.4 is 4.90 Å². The number of carbonyl (C=O) groups is 2. The van der Waals surface area contributed by atoms with Crippen LogP contribution in [0.4, 0.5) is 10.1 Å². The van der Waals surface area contributed by atoms with Gasteiger partial charge >= 0.3 is 5.97 Å². The van der Waals surface area contributed by atoms with Crippen LogP contribution in [-0.4, -0.2) is 61.1 Å². The molecule has 43 heavy (non-hydrogen) atoms. The van der Waals surface area contributed by atoms with Crippen LogP contribution in [0.1, 0.15) is 41.0 Å². The molecule has 1 fully saturated rings. The van der Waals surface area contributed by atoms with E-state index in [0.29, 0.717) is 54.5 Å². The quantitative estimate of drug-likeness (QED) is 0.304. The first-order valence-corrected chi connectivity index (χ1v) is 14.4. The highest BCUT2D eigenvalue weighted by Gasteiger charge is 2.31. The van der Waals surface area contributed by atoms with Gasteiger partial charge in [-0.15, -0.1) is 0 Å². The summed E-state index contributed by atoms with van der Waals surface area (Å²) < 4.78 is 17.1. The van der Waals surface area contributed by atoms with Crippen molar-refractivity contribution in [2.45, 2.75) is 25.8 Å². The fourth-order valence-electron chi connectivity index (χ4n) is 6.21. The van der Waals surface area contributed by atoms with Crippen molar-refractivity contribution in [3.05, 3.63) is 102 Å². The van der Waals surface area contributed by atoms with Crippen molar-refractivity contribution in [1.82, 2.24) is 24.5 Å². The number of benzene rings is 2. The van der Waals surface area contributed by atoms with Crippen LogP contribution in [0.25, 0.3) is 28.3 Å². The normalized spacial score (nSPS) is 18.2. The zero-order chi connectivity index (χ0) is 29.7. The Kier molecular flexibility index (Phi) is 6.61. The van der Waals surface area contributed by atoms with Crippen LogP contribution in [0.15, 0.2) is 79.0 Å². The predicted octanol–water partition coefficient (Wildman–Crippen LogP) is 5.27. The van der Waals surface area contributed by atoms with E-state index in [2.05, 4.69) is 17.1 Å². The molecule has 7 rings (SSSR count). The van der Waals surface area contributed by atoms with E-state index in [4.69, 9.17) is 10.1 Å². The summed E-state index contributed by atoms with van der Waals surface area (Å²) in [5.41, 5.74) is 5.50. The van der Waals surface area contributed by atoms with E-state index in [9.17, 15) is 14.7 Å². The van der Waals surface area contributed by atoms with Crippen LogP contribution in [0.2, 0.25) is 0 Å². The van der Waals surface area contributed by atoms with Gasteiger partial charge in [-0.25, -0.2) is 13.9 Å². The molecule has 0 aliphatic carbocycles. The van der Waals surface area contributed by atoms with Gasteiger partial charge in [0.2, 0.25) is 0 Å². The molecule has 9 nitrogen and oxygen atoms in total. The Morgan fingerprint density at radius 1 is 0.977 bits per heavy atom. The number of pyridine rings is 1.